The molecule has 0 aliphatic heterocycles. The molecule has 0 aromatic rings. The molecule has 0 bridgehead atoms. The predicted octanol–water partition coefficient (Wildman–Crippen LogP) is -0.932. The first-order chi connectivity index (χ1) is 7.60. The Labute approximate surface area is 97.9 Å². The van der Waals surface area contributed by atoms with Crippen molar-refractivity contribution in [2.45, 2.75) is 45.0 Å². The number of hydrogen-bond acceptors (Lipinski definition) is 5. The standard InChI is InChI=1S/C11H26N2O3/c1-3-9(14)5-12-7-11(16)8-13-6-10(15)4-2/h9-16H,3-8H2,1-2H3. The monoisotopic (exact) mass is 234 g/mol. The Balaban J connectivity index is 3.34. The SMILES string of the molecule is CCC(O)CNCC(O)CNCC(O)CC. The second-order valence-corrected chi connectivity index (χ2v) is 4.09. The topological polar surface area (TPSA) is 84.8 Å². The van der Waals surface area contributed by atoms with E-state index in [0.29, 0.717) is 39.0 Å². The van der Waals surface area contributed by atoms with Crippen molar-refractivity contribution in [1.82, 2.24) is 10.6 Å². The molecule has 5 nitrogen and oxygen atoms in total. The van der Waals surface area contributed by atoms with Crippen LogP contribution >= 0.6 is 0 Å². The van der Waals surface area contributed by atoms with Gasteiger partial charge in [0.1, 0.15) is 0 Å². The van der Waals surface area contributed by atoms with E-state index in [1.807, 2.05) is 13.8 Å². The molecule has 0 heterocycles. The molecular weight excluding hydrogens is 208 g/mol. The second kappa shape index (κ2) is 9.99. The first kappa shape index (κ1) is 15.8. The highest BCUT2D eigenvalue weighted by Gasteiger charge is 2.06. The highest BCUT2D eigenvalue weighted by molar-refractivity contribution is 4.66. The Morgan fingerprint density at radius 1 is 0.688 bits per heavy atom. The van der Waals surface area contributed by atoms with Gasteiger partial charge < -0.3 is 26.0 Å². The maximum Gasteiger partial charge on any atom is 0.0788 e. The average molecular weight is 234 g/mol. The van der Waals surface area contributed by atoms with Gasteiger partial charge in [0.2, 0.25) is 0 Å². The van der Waals surface area contributed by atoms with Gasteiger partial charge in [0.15, 0.2) is 0 Å². The minimum atomic E-state index is -0.492. The fraction of sp³-hybridized carbons (Fsp3) is 1.00. The molecule has 0 amide bonds. The first-order valence-electron chi connectivity index (χ1n) is 6.05. The average Bonchev–Trinajstić information content (AvgIpc) is 2.28. The zero-order chi connectivity index (χ0) is 12.4. The van der Waals surface area contributed by atoms with Crippen LogP contribution in [0.4, 0.5) is 0 Å². The maximum atomic E-state index is 9.53. The van der Waals surface area contributed by atoms with Gasteiger partial charge in [0.25, 0.3) is 0 Å². The van der Waals surface area contributed by atoms with Crippen molar-refractivity contribution in [2.75, 3.05) is 26.2 Å². The van der Waals surface area contributed by atoms with E-state index in [1.54, 1.807) is 0 Å². The summed E-state index contributed by atoms with van der Waals surface area (Å²) in [7, 11) is 0. The normalized spacial score (nSPS) is 17.1. The molecule has 5 heteroatoms. The highest BCUT2D eigenvalue weighted by Crippen LogP contribution is 1.88. The molecule has 0 radical (unpaired) electrons. The lowest BCUT2D eigenvalue weighted by Crippen LogP contribution is -2.40. The summed E-state index contributed by atoms with van der Waals surface area (Å²) in [5, 5.41) is 34.0. The fourth-order valence-corrected chi connectivity index (χ4v) is 1.19. The Morgan fingerprint density at radius 3 is 1.31 bits per heavy atom. The summed E-state index contributed by atoms with van der Waals surface area (Å²) in [6, 6.07) is 0. The van der Waals surface area contributed by atoms with Crippen molar-refractivity contribution >= 4 is 0 Å². The zero-order valence-corrected chi connectivity index (χ0v) is 10.3. The van der Waals surface area contributed by atoms with Crippen LogP contribution < -0.4 is 10.6 Å². The minimum absolute atomic E-state index is 0.345. The molecule has 0 fully saturated rings. The summed E-state index contributed by atoms with van der Waals surface area (Å²) in [5.41, 5.74) is 0. The van der Waals surface area contributed by atoms with Crippen LogP contribution in [0.2, 0.25) is 0 Å². The van der Waals surface area contributed by atoms with Gasteiger partial charge in [-0.05, 0) is 12.8 Å². The zero-order valence-electron chi connectivity index (χ0n) is 10.3. The lowest BCUT2D eigenvalue weighted by molar-refractivity contribution is 0.132. The lowest BCUT2D eigenvalue weighted by Gasteiger charge is -2.15. The smallest absolute Gasteiger partial charge is 0.0788 e. The summed E-state index contributed by atoms with van der Waals surface area (Å²) >= 11 is 0. The van der Waals surface area contributed by atoms with E-state index in [-0.39, 0.29) is 12.2 Å². The van der Waals surface area contributed by atoms with Crippen molar-refractivity contribution in [3.8, 4) is 0 Å². The van der Waals surface area contributed by atoms with Gasteiger partial charge >= 0.3 is 0 Å². The van der Waals surface area contributed by atoms with E-state index in [0.717, 1.165) is 0 Å². The Morgan fingerprint density at radius 2 is 1.00 bits per heavy atom. The summed E-state index contributed by atoms with van der Waals surface area (Å²) in [4.78, 5) is 0. The number of aliphatic hydroxyl groups is 3. The Hall–Kier alpha value is -0.200. The molecular formula is C11H26N2O3. The Kier molecular flexibility index (Phi) is 9.86. The highest BCUT2D eigenvalue weighted by atomic mass is 16.3. The first-order valence-corrected chi connectivity index (χ1v) is 6.05. The molecule has 0 saturated carbocycles. The molecule has 0 aromatic carbocycles. The second-order valence-electron chi connectivity index (χ2n) is 4.09. The van der Waals surface area contributed by atoms with E-state index in [4.69, 9.17) is 0 Å². The van der Waals surface area contributed by atoms with Gasteiger partial charge in [0, 0.05) is 26.2 Å². The van der Waals surface area contributed by atoms with Gasteiger partial charge in [-0.2, -0.15) is 0 Å². The number of nitrogens with one attached hydrogen (secondary N) is 2. The van der Waals surface area contributed by atoms with E-state index in [2.05, 4.69) is 10.6 Å². The van der Waals surface area contributed by atoms with Crippen LogP contribution in [0.1, 0.15) is 26.7 Å². The maximum absolute atomic E-state index is 9.53. The van der Waals surface area contributed by atoms with E-state index >= 15 is 0 Å². The molecule has 0 spiro atoms. The van der Waals surface area contributed by atoms with Gasteiger partial charge in [-0.1, -0.05) is 13.8 Å². The van der Waals surface area contributed by atoms with Crippen molar-refractivity contribution < 1.29 is 15.3 Å². The predicted molar refractivity (Wildman–Crippen MR) is 64.3 cm³/mol. The molecule has 2 unspecified atom stereocenters. The Bertz CT molecular complexity index is 142. The molecule has 0 rings (SSSR count). The molecule has 5 N–H and O–H groups in total. The molecule has 0 saturated heterocycles. The molecule has 2 atom stereocenters. The van der Waals surface area contributed by atoms with Crippen molar-refractivity contribution in [3.05, 3.63) is 0 Å². The van der Waals surface area contributed by atoms with E-state index in [1.165, 1.54) is 0 Å². The van der Waals surface area contributed by atoms with Crippen molar-refractivity contribution in [1.29, 1.82) is 0 Å². The number of rotatable bonds is 10. The minimum Gasteiger partial charge on any atom is -0.392 e. The van der Waals surface area contributed by atoms with E-state index < -0.39 is 6.10 Å². The van der Waals surface area contributed by atoms with Crippen LogP contribution in [0.15, 0.2) is 0 Å². The molecule has 0 aliphatic rings. The van der Waals surface area contributed by atoms with Crippen LogP contribution in [0.25, 0.3) is 0 Å². The molecule has 0 aromatic heterocycles. The third-order valence-electron chi connectivity index (χ3n) is 2.46. The lowest BCUT2D eigenvalue weighted by atomic mass is 10.2. The summed E-state index contributed by atoms with van der Waals surface area (Å²) in [6.45, 7) is 5.74. The summed E-state index contributed by atoms with van der Waals surface area (Å²) in [6.07, 6.45) is 0.242. The van der Waals surface area contributed by atoms with Gasteiger partial charge in [-0.25, -0.2) is 0 Å². The van der Waals surface area contributed by atoms with Crippen LogP contribution in [0, 0.1) is 0 Å². The van der Waals surface area contributed by atoms with Gasteiger partial charge in [-0.3, -0.25) is 0 Å². The number of hydrogen-bond donors (Lipinski definition) is 5. The third kappa shape index (κ3) is 9.06. The van der Waals surface area contributed by atoms with Crippen molar-refractivity contribution in [3.63, 3.8) is 0 Å². The van der Waals surface area contributed by atoms with Gasteiger partial charge in [0.05, 0.1) is 18.3 Å². The fourth-order valence-electron chi connectivity index (χ4n) is 1.19. The third-order valence-corrected chi connectivity index (χ3v) is 2.46. The van der Waals surface area contributed by atoms with Crippen LogP contribution in [0.3, 0.4) is 0 Å². The molecule has 98 valence electrons. The summed E-state index contributed by atoms with van der Waals surface area (Å²) in [5.74, 6) is 0. The van der Waals surface area contributed by atoms with Crippen LogP contribution in [-0.4, -0.2) is 59.8 Å². The summed E-state index contributed by atoms with van der Waals surface area (Å²) < 4.78 is 0. The van der Waals surface area contributed by atoms with Crippen molar-refractivity contribution in [2.24, 2.45) is 0 Å². The largest absolute Gasteiger partial charge is 0.392 e. The number of aliphatic hydroxyl groups excluding tert-OH is 3. The van der Waals surface area contributed by atoms with E-state index in [9.17, 15) is 15.3 Å². The van der Waals surface area contributed by atoms with Gasteiger partial charge in [-0.15, -0.1) is 0 Å². The molecule has 0 aliphatic carbocycles. The molecule has 16 heavy (non-hydrogen) atoms. The van der Waals surface area contributed by atoms with Crippen LogP contribution in [0.5, 0.6) is 0 Å². The van der Waals surface area contributed by atoms with Crippen LogP contribution in [-0.2, 0) is 0 Å². The quantitative estimate of drug-likeness (QED) is 0.337.